The SMILES string of the molecule is CNC(=O)c1noc(CN(C)C[C@H]2CC(=O)N(C3CCCC3)C2)n1. The molecule has 1 atom stereocenters. The molecule has 2 heterocycles. The Bertz CT molecular complexity index is 596. The van der Waals surface area contributed by atoms with Gasteiger partial charge in [-0.1, -0.05) is 18.0 Å². The Balaban J connectivity index is 1.50. The van der Waals surface area contributed by atoms with E-state index in [0.717, 1.165) is 25.9 Å². The first-order valence-electron chi connectivity index (χ1n) is 8.59. The van der Waals surface area contributed by atoms with Gasteiger partial charge in [0.1, 0.15) is 0 Å². The number of hydrogen-bond donors (Lipinski definition) is 1. The van der Waals surface area contributed by atoms with Gasteiger partial charge in [0.2, 0.25) is 11.8 Å². The number of amides is 2. The highest BCUT2D eigenvalue weighted by atomic mass is 16.5. The second-order valence-corrected chi connectivity index (χ2v) is 6.84. The maximum Gasteiger partial charge on any atom is 0.292 e. The highest BCUT2D eigenvalue weighted by Gasteiger charge is 2.35. The molecule has 0 spiro atoms. The average molecular weight is 335 g/mol. The van der Waals surface area contributed by atoms with Gasteiger partial charge in [0.15, 0.2) is 0 Å². The van der Waals surface area contributed by atoms with Crippen LogP contribution in [0.1, 0.15) is 48.6 Å². The second kappa shape index (κ2) is 7.29. The topological polar surface area (TPSA) is 91.6 Å². The summed E-state index contributed by atoms with van der Waals surface area (Å²) in [6, 6.07) is 0.457. The van der Waals surface area contributed by atoms with Crippen LogP contribution in [0.3, 0.4) is 0 Å². The van der Waals surface area contributed by atoms with Crippen molar-refractivity contribution < 1.29 is 14.1 Å². The van der Waals surface area contributed by atoms with Crippen LogP contribution in [0.2, 0.25) is 0 Å². The van der Waals surface area contributed by atoms with Gasteiger partial charge in [-0.3, -0.25) is 14.5 Å². The summed E-state index contributed by atoms with van der Waals surface area (Å²) in [6.07, 6.45) is 5.40. The summed E-state index contributed by atoms with van der Waals surface area (Å²) >= 11 is 0. The molecule has 3 rings (SSSR count). The molecule has 24 heavy (non-hydrogen) atoms. The Labute approximate surface area is 141 Å². The van der Waals surface area contributed by atoms with Crippen LogP contribution in [-0.2, 0) is 11.3 Å². The molecule has 1 aliphatic carbocycles. The molecule has 0 bridgehead atoms. The fourth-order valence-corrected chi connectivity index (χ4v) is 3.76. The van der Waals surface area contributed by atoms with E-state index in [1.807, 2.05) is 7.05 Å². The van der Waals surface area contributed by atoms with Crippen LogP contribution >= 0.6 is 0 Å². The van der Waals surface area contributed by atoms with Crippen molar-refractivity contribution in [1.82, 2.24) is 25.3 Å². The minimum Gasteiger partial charge on any atom is -0.352 e. The average Bonchev–Trinajstić information content (AvgIpc) is 3.27. The first-order chi connectivity index (χ1) is 11.6. The molecule has 2 fully saturated rings. The number of hydrogen-bond acceptors (Lipinski definition) is 6. The quantitative estimate of drug-likeness (QED) is 0.821. The zero-order valence-corrected chi connectivity index (χ0v) is 14.3. The van der Waals surface area contributed by atoms with E-state index in [-0.39, 0.29) is 11.7 Å². The third kappa shape index (κ3) is 3.75. The maximum absolute atomic E-state index is 12.2. The van der Waals surface area contributed by atoms with Crippen LogP contribution in [0.4, 0.5) is 0 Å². The normalized spacial score (nSPS) is 21.9. The fourth-order valence-electron chi connectivity index (χ4n) is 3.76. The van der Waals surface area contributed by atoms with Crippen LogP contribution in [0, 0.1) is 5.92 Å². The molecular weight excluding hydrogens is 310 g/mol. The van der Waals surface area contributed by atoms with E-state index in [9.17, 15) is 9.59 Å². The van der Waals surface area contributed by atoms with Gasteiger partial charge in [0.05, 0.1) is 6.54 Å². The summed E-state index contributed by atoms with van der Waals surface area (Å²) in [5.74, 6) is 0.725. The van der Waals surface area contributed by atoms with Crippen LogP contribution in [-0.4, -0.2) is 65.0 Å². The van der Waals surface area contributed by atoms with Gasteiger partial charge in [0.25, 0.3) is 11.7 Å². The van der Waals surface area contributed by atoms with E-state index in [0.29, 0.717) is 36.7 Å². The third-order valence-electron chi connectivity index (χ3n) is 4.88. The molecule has 132 valence electrons. The van der Waals surface area contributed by atoms with Gasteiger partial charge in [-0.05, 0) is 25.8 Å². The number of carbonyl (C=O) groups excluding carboxylic acids is 2. The molecule has 2 aliphatic rings. The summed E-state index contributed by atoms with van der Waals surface area (Å²) in [5.41, 5.74) is 0. The van der Waals surface area contributed by atoms with E-state index in [1.165, 1.54) is 19.9 Å². The van der Waals surface area contributed by atoms with E-state index in [2.05, 4.69) is 25.3 Å². The van der Waals surface area contributed by atoms with Crippen molar-refractivity contribution in [1.29, 1.82) is 0 Å². The molecule has 1 aromatic heterocycles. The van der Waals surface area contributed by atoms with Gasteiger partial charge in [-0.2, -0.15) is 4.98 Å². The number of rotatable bonds is 6. The smallest absolute Gasteiger partial charge is 0.292 e. The van der Waals surface area contributed by atoms with Gasteiger partial charge >= 0.3 is 0 Å². The van der Waals surface area contributed by atoms with E-state index in [4.69, 9.17) is 4.52 Å². The van der Waals surface area contributed by atoms with Crippen molar-refractivity contribution in [2.45, 2.75) is 44.7 Å². The first kappa shape index (κ1) is 16.9. The molecule has 1 aromatic rings. The van der Waals surface area contributed by atoms with E-state index in [1.54, 1.807) is 0 Å². The largest absolute Gasteiger partial charge is 0.352 e. The van der Waals surface area contributed by atoms with Crippen molar-refractivity contribution in [2.75, 3.05) is 27.2 Å². The monoisotopic (exact) mass is 335 g/mol. The zero-order chi connectivity index (χ0) is 17.1. The lowest BCUT2D eigenvalue weighted by Crippen LogP contribution is -2.35. The summed E-state index contributed by atoms with van der Waals surface area (Å²) < 4.78 is 5.11. The second-order valence-electron chi connectivity index (χ2n) is 6.84. The van der Waals surface area contributed by atoms with Gasteiger partial charge in [-0.25, -0.2) is 0 Å². The van der Waals surface area contributed by atoms with Gasteiger partial charge in [0, 0.05) is 32.6 Å². The maximum atomic E-state index is 12.2. The molecule has 2 amide bonds. The number of nitrogens with one attached hydrogen (secondary N) is 1. The molecule has 8 heteroatoms. The first-order valence-corrected chi connectivity index (χ1v) is 8.59. The fraction of sp³-hybridized carbons (Fsp3) is 0.750. The van der Waals surface area contributed by atoms with Crippen LogP contribution in [0.25, 0.3) is 0 Å². The minimum atomic E-state index is -0.360. The lowest BCUT2D eigenvalue weighted by Gasteiger charge is -2.25. The summed E-state index contributed by atoms with van der Waals surface area (Å²) in [6.45, 7) is 2.12. The lowest BCUT2D eigenvalue weighted by atomic mass is 10.1. The molecular formula is C16H25N5O3. The van der Waals surface area contributed by atoms with Gasteiger partial charge in [-0.15, -0.1) is 0 Å². The highest BCUT2D eigenvalue weighted by molar-refractivity contribution is 5.89. The Hall–Kier alpha value is -1.96. The van der Waals surface area contributed by atoms with Crippen LogP contribution in [0.5, 0.6) is 0 Å². The molecule has 1 N–H and O–H groups in total. The predicted octanol–water partition coefficient (Wildman–Crippen LogP) is 0.652. The van der Waals surface area contributed by atoms with E-state index >= 15 is 0 Å². The Morgan fingerprint density at radius 1 is 1.42 bits per heavy atom. The predicted molar refractivity (Wildman–Crippen MR) is 86.1 cm³/mol. The van der Waals surface area contributed by atoms with Crippen molar-refractivity contribution in [3.05, 3.63) is 11.7 Å². The number of carbonyl (C=O) groups is 2. The number of aromatic nitrogens is 2. The van der Waals surface area contributed by atoms with Crippen molar-refractivity contribution in [3.63, 3.8) is 0 Å². The third-order valence-corrected chi connectivity index (χ3v) is 4.88. The number of likely N-dealkylation sites (tertiary alicyclic amines) is 1. The van der Waals surface area contributed by atoms with Crippen LogP contribution in [0.15, 0.2) is 4.52 Å². The Kier molecular flexibility index (Phi) is 5.13. The zero-order valence-electron chi connectivity index (χ0n) is 14.3. The van der Waals surface area contributed by atoms with E-state index < -0.39 is 0 Å². The highest BCUT2D eigenvalue weighted by Crippen LogP contribution is 2.29. The molecule has 0 aromatic carbocycles. The molecule has 1 saturated heterocycles. The minimum absolute atomic E-state index is 0.0457. The standard InChI is InChI=1S/C16H25N5O3/c1-17-16(23)15-18-13(24-19-15)10-20(2)8-11-7-14(22)21(9-11)12-5-3-4-6-12/h11-12H,3-10H2,1-2H3,(H,17,23)/t11-/m1/s1. The Morgan fingerprint density at radius 3 is 2.88 bits per heavy atom. The molecule has 0 unspecified atom stereocenters. The Morgan fingerprint density at radius 2 is 2.17 bits per heavy atom. The van der Waals surface area contributed by atoms with Crippen molar-refractivity contribution in [2.24, 2.45) is 5.92 Å². The number of nitrogens with zero attached hydrogens (tertiary/aromatic N) is 4. The van der Waals surface area contributed by atoms with Gasteiger partial charge < -0.3 is 14.7 Å². The molecule has 8 nitrogen and oxygen atoms in total. The summed E-state index contributed by atoms with van der Waals surface area (Å²) in [4.78, 5) is 31.9. The van der Waals surface area contributed by atoms with Crippen molar-refractivity contribution >= 4 is 11.8 Å². The summed E-state index contributed by atoms with van der Waals surface area (Å²) in [7, 11) is 3.49. The molecule has 0 radical (unpaired) electrons. The van der Waals surface area contributed by atoms with Crippen molar-refractivity contribution in [3.8, 4) is 0 Å². The summed E-state index contributed by atoms with van der Waals surface area (Å²) in [5, 5.41) is 6.12. The van der Waals surface area contributed by atoms with Crippen LogP contribution < -0.4 is 5.32 Å². The molecule has 1 saturated carbocycles. The molecule has 1 aliphatic heterocycles. The lowest BCUT2D eigenvalue weighted by molar-refractivity contribution is -0.129.